The van der Waals surface area contributed by atoms with Crippen molar-refractivity contribution >= 4 is 11.8 Å². The maximum Gasteiger partial charge on any atom is 0.302 e. The molecule has 0 amide bonds. The smallest absolute Gasteiger partial charge is 0.302 e. The van der Waals surface area contributed by atoms with Crippen molar-refractivity contribution in [2.75, 3.05) is 6.61 Å². The normalized spacial score (nSPS) is 34.2. The first-order chi connectivity index (χ1) is 12.3. The van der Waals surface area contributed by atoms with E-state index in [2.05, 4.69) is 20.8 Å². The number of carbonyl (C=O) groups excluding carboxylic acids is 2. The monoisotopic (exact) mass is 358 g/mol. The highest BCUT2D eigenvalue weighted by molar-refractivity contribution is 5.92. The topological polar surface area (TPSA) is 56.5 Å². The van der Waals surface area contributed by atoms with Gasteiger partial charge < -0.3 is 9.15 Å². The van der Waals surface area contributed by atoms with Crippen molar-refractivity contribution < 1.29 is 18.7 Å². The van der Waals surface area contributed by atoms with E-state index >= 15 is 0 Å². The lowest BCUT2D eigenvalue weighted by molar-refractivity contribution is -0.157. The minimum absolute atomic E-state index is 0.00301. The molecular formula is C22H30O4. The molecule has 2 aliphatic carbocycles. The number of esters is 1. The molecule has 26 heavy (non-hydrogen) atoms. The van der Waals surface area contributed by atoms with Crippen LogP contribution in [-0.2, 0) is 20.7 Å². The van der Waals surface area contributed by atoms with Gasteiger partial charge in [0.15, 0.2) is 5.78 Å². The van der Waals surface area contributed by atoms with E-state index in [0.717, 1.165) is 31.2 Å². The Morgan fingerprint density at radius 1 is 1.42 bits per heavy atom. The molecule has 142 valence electrons. The lowest BCUT2D eigenvalue weighted by Crippen LogP contribution is -2.54. The number of fused-ring (bicyclic) bond motifs is 1. The SMILES string of the molecule is CC(=O)OCC1(CCc2ccoc2)C(C)CCC2(C)C(C)=CC(=O)CC21. The zero-order valence-electron chi connectivity index (χ0n) is 16.3. The van der Waals surface area contributed by atoms with Crippen LogP contribution in [0.2, 0.25) is 0 Å². The van der Waals surface area contributed by atoms with E-state index in [4.69, 9.17) is 9.15 Å². The molecule has 1 heterocycles. The average molecular weight is 358 g/mol. The molecule has 0 radical (unpaired) electrons. The Bertz CT molecular complexity index is 702. The first kappa shape index (κ1) is 18.9. The van der Waals surface area contributed by atoms with Crippen LogP contribution < -0.4 is 0 Å². The van der Waals surface area contributed by atoms with Crippen LogP contribution >= 0.6 is 0 Å². The standard InChI is InChI=1S/C22H30O4/c1-15-5-8-21(4)16(2)11-19(24)12-20(21)22(15,14-26-17(3)23)9-6-18-7-10-25-13-18/h7,10-11,13,15,20H,5-6,8-9,12,14H2,1-4H3. The van der Waals surface area contributed by atoms with Gasteiger partial charge in [0.1, 0.15) is 0 Å². The summed E-state index contributed by atoms with van der Waals surface area (Å²) in [5, 5.41) is 0. The highest BCUT2D eigenvalue weighted by atomic mass is 16.5. The molecule has 0 spiro atoms. The lowest BCUT2D eigenvalue weighted by atomic mass is 9.46. The van der Waals surface area contributed by atoms with Gasteiger partial charge in [0.25, 0.3) is 0 Å². The van der Waals surface area contributed by atoms with Crippen molar-refractivity contribution in [1.29, 1.82) is 0 Å². The Morgan fingerprint density at radius 2 is 2.19 bits per heavy atom. The highest BCUT2D eigenvalue weighted by Crippen LogP contribution is 2.61. The molecule has 0 aromatic carbocycles. The van der Waals surface area contributed by atoms with Gasteiger partial charge in [-0.1, -0.05) is 19.4 Å². The van der Waals surface area contributed by atoms with E-state index in [1.54, 1.807) is 12.5 Å². The maximum atomic E-state index is 12.4. The highest BCUT2D eigenvalue weighted by Gasteiger charge is 2.57. The van der Waals surface area contributed by atoms with Gasteiger partial charge in [0.2, 0.25) is 0 Å². The summed E-state index contributed by atoms with van der Waals surface area (Å²) in [5.41, 5.74) is 2.14. The first-order valence-corrected chi connectivity index (χ1v) is 9.64. The van der Waals surface area contributed by atoms with Crippen molar-refractivity contribution in [3.8, 4) is 0 Å². The molecule has 3 rings (SSSR count). The molecule has 4 heteroatoms. The Morgan fingerprint density at radius 3 is 2.85 bits per heavy atom. The molecule has 4 unspecified atom stereocenters. The number of allylic oxidation sites excluding steroid dienone is 2. The molecular weight excluding hydrogens is 328 g/mol. The summed E-state index contributed by atoms with van der Waals surface area (Å²) < 4.78 is 10.8. The molecule has 0 aliphatic heterocycles. The van der Waals surface area contributed by atoms with Gasteiger partial charge in [-0.2, -0.15) is 0 Å². The van der Waals surface area contributed by atoms with E-state index in [-0.39, 0.29) is 28.5 Å². The van der Waals surface area contributed by atoms with Gasteiger partial charge in [-0.15, -0.1) is 0 Å². The van der Waals surface area contributed by atoms with Crippen LogP contribution in [0.1, 0.15) is 58.9 Å². The summed E-state index contributed by atoms with van der Waals surface area (Å²) in [6.45, 7) is 8.50. The molecule has 4 nitrogen and oxygen atoms in total. The van der Waals surface area contributed by atoms with E-state index in [9.17, 15) is 9.59 Å². The predicted octanol–water partition coefficient (Wildman–Crippen LogP) is 4.73. The van der Waals surface area contributed by atoms with E-state index < -0.39 is 0 Å². The first-order valence-electron chi connectivity index (χ1n) is 9.64. The number of ketones is 1. The summed E-state index contributed by atoms with van der Waals surface area (Å²) in [4.78, 5) is 24.1. The van der Waals surface area contributed by atoms with E-state index in [1.165, 1.54) is 12.5 Å². The van der Waals surface area contributed by atoms with Crippen LogP contribution in [0.15, 0.2) is 34.7 Å². The summed E-state index contributed by atoms with van der Waals surface area (Å²) in [6, 6.07) is 1.99. The van der Waals surface area contributed by atoms with Crippen LogP contribution in [0.4, 0.5) is 0 Å². The third-order valence-corrected chi connectivity index (χ3v) is 7.23. The van der Waals surface area contributed by atoms with E-state index in [1.807, 2.05) is 12.1 Å². The minimum atomic E-state index is -0.249. The molecule has 4 atom stereocenters. The van der Waals surface area contributed by atoms with Gasteiger partial charge in [0, 0.05) is 18.8 Å². The Hall–Kier alpha value is -1.84. The molecule has 1 saturated carbocycles. The second-order valence-electron chi connectivity index (χ2n) is 8.55. The second kappa shape index (κ2) is 7.05. The Labute approximate surface area is 156 Å². The summed E-state index contributed by atoms with van der Waals surface area (Å²) in [6.07, 6.45) is 9.78. The number of rotatable bonds is 5. The maximum absolute atomic E-state index is 12.4. The number of hydrogen-bond donors (Lipinski definition) is 0. The Balaban J connectivity index is 1.98. The number of hydrogen-bond acceptors (Lipinski definition) is 4. The number of aryl methyl sites for hydroxylation is 1. The summed E-state index contributed by atoms with van der Waals surface area (Å²) in [5.74, 6) is 0.546. The van der Waals surface area contributed by atoms with Crippen molar-refractivity contribution in [3.63, 3.8) is 0 Å². The molecule has 2 aliphatic rings. The quantitative estimate of drug-likeness (QED) is 0.714. The Kier molecular flexibility index (Phi) is 5.14. The van der Waals surface area contributed by atoms with Crippen LogP contribution in [0, 0.1) is 22.7 Å². The molecule has 0 saturated heterocycles. The molecule has 0 N–H and O–H groups in total. The van der Waals surface area contributed by atoms with Gasteiger partial charge in [-0.05, 0) is 67.6 Å². The fourth-order valence-corrected chi connectivity index (χ4v) is 5.31. The number of ether oxygens (including phenoxy) is 1. The third-order valence-electron chi connectivity index (χ3n) is 7.23. The lowest BCUT2D eigenvalue weighted by Gasteiger charge is -2.58. The van der Waals surface area contributed by atoms with E-state index in [0.29, 0.717) is 18.9 Å². The summed E-state index contributed by atoms with van der Waals surface area (Å²) >= 11 is 0. The zero-order valence-corrected chi connectivity index (χ0v) is 16.3. The largest absolute Gasteiger partial charge is 0.472 e. The fraction of sp³-hybridized carbons (Fsp3) is 0.636. The number of furan rings is 1. The van der Waals surface area contributed by atoms with Crippen molar-refractivity contribution in [3.05, 3.63) is 35.8 Å². The second-order valence-corrected chi connectivity index (χ2v) is 8.55. The zero-order chi connectivity index (χ0) is 18.9. The molecule has 1 aromatic heterocycles. The molecule has 1 aromatic rings. The van der Waals surface area contributed by atoms with Crippen LogP contribution in [-0.4, -0.2) is 18.4 Å². The fourth-order valence-electron chi connectivity index (χ4n) is 5.31. The van der Waals surface area contributed by atoms with Gasteiger partial charge >= 0.3 is 5.97 Å². The summed E-state index contributed by atoms with van der Waals surface area (Å²) in [7, 11) is 0. The van der Waals surface area contributed by atoms with Crippen molar-refractivity contribution in [2.24, 2.45) is 22.7 Å². The van der Waals surface area contributed by atoms with Crippen LogP contribution in [0.25, 0.3) is 0 Å². The van der Waals surface area contributed by atoms with Gasteiger partial charge in [0.05, 0.1) is 19.1 Å². The predicted molar refractivity (Wildman–Crippen MR) is 99.5 cm³/mol. The molecule has 0 bridgehead atoms. The van der Waals surface area contributed by atoms with Crippen LogP contribution in [0.5, 0.6) is 0 Å². The van der Waals surface area contributed by atoms with Gasteiger partial charge in [-0.25, -0.2) is 0 Å². The van der Waals surface area contributed by atoms with Gasteiger partial charge in [-0.3, -0.25) is 9.59 Å². The van der Waals surface area contributed by atoms with Crippen molar-refractivity contribution in [1.82, 2.24) is 0 Å². The number of carbonyl (C=O) groups is 2. The minimum Gasteiger partial charge on any atom is -0.472 e. The third kappa shape index (κ3) is 3.26. The van der Waals surface area contributed by atoms with Crippen molar-refractivity contribution in [2.45, 2.75) is 59.8 Å². The average Bonchev–Trinajstić information content (AvgIpc) is 3.09. The molecule has 1 fully saturated rings. The van der Waals surface area contributed by atoms with Crippen LogP contribution in [0.3, 0.4) is 0 Å².